The number of aliphatic imine (C=N–C) groups is 1. The Balaban J connectivity index is 1.31. The summed E-state index contributed by atoms with van der Waals surface area (Å²) in [5, 5.41) is 2.52. The molecule has 0 aliphatic heterocycles. The molecule has 6 aromatic carbocycles. The first-order chi connectivity index (χ1) is 24.1. The topological polar surface area (TPSA) is 17.3 Å². The number of para-hydroxylation sites is 1. The fraction of sp³-hybridized carbons (Fsp3) is 0.170. The number of hydrogen-bond donors (Lipinski definition) is 0. The van der Waals surface area contributed by atoms with E-state index in [9.17, 15) is 0 Å². The highest BCUT2D eigenvalue weighted by molar-refractivity contribution is 6.16. The van der Waals surface area contributed by atoms with Crippen molar-refractivity contribution in [1.82, 2.24) is 4.57 Å². The second kappa shape index (κ2) is 13.2. The van der Waals surface area contributed by atoms with Crippen molar-refractivity contribution in [2.24, 2.45) is 4.99 Å². The molecule has 0 spiro atoms. The van der Waals surface area contributed by atoms with Crippen LogP contribution in [-0.4, -0.2) is 10.4 Å². The molecule has 1 saturated carbocycles. The first kappa shape index (κ1) is 30.8. The number of benzene rings is 6. The number of nitrogens with zero attached hydrogens (tertiary/aromatic N) is 2. The highest BCUT2D eigenvalue weighted by atomic mass is 15.1. The van der Waals surface area contributed by atoms with E-state index in [1.807, 2.05) is 0 Å². The van der Waals surface area contributed by atoms with Crippen LogP contribution in [0, 0.1) is 6.92 Å². The minimum Gasteiger partial charge on any atom is -0.297 e. The molecular formula is C47H42N2. The number of hydrogen-bond acceptors (Lipinski definition) is 1. The van der Waals surface area contributed by atoms with E-state index in [0.717, 1.165) is 23.5 Å². The summed E-state index contributed by atoms with van der Waals surface area (Å²) in [5.41, 5.74) is 13.7. The molecule has 1 heterocycles. The minimum atomic E-state index is 0.243. The number of allylic oxidation sites excluding steroid dienone is 1. The monoisotopic (exact) mass is 634 g/mol. The van der Waals surface area contributed by atoms with Crippen molar-refractivity contribution in [2.75, 3.05) is 0 Å². The zero-order valence-corrected chi connectivity index (χ0v) is 28.6. The van der Waals surface area contributed by atoms with Crippen LogP contribution in [0.1, 0.15) is 67.2 Å². The summed E-state index contributed by atoms with van der Waals surface area (Å²) >= 11 is 0. The zero-order valence-electron chi connectivity index (χ0n) is 28.6. The molecule has 1 unspecified atom stereocenters. The highest BCUT2D eigenvalue weighted by Gasteiger charge is 2.27. The molecule has 240 valence electrons. The Kier molecular flexibility index (Phi) is 8.31. The lowest BCUT2D eigenvalue weighted by molar-refractivity contribution is 0.805. The molecule has 7 aromatic rings. The minimum absolute atomic E-state index is 0.243. The molecule has 0 bridgehead atoms. The SMILES string of the molecule is CCC(/C=C(\N=C(C)n1c2ccccc2c2ccc(-c3ccccc3C3CC3)c(C)c21)c1ccc(-c2ccccc2)cc1)c1ccccc1. The molecule has 8 rings (SSSR count). The van der Waals surface area contributed by atoms with Gasteiger partial charge >= 0.3 is 0 Å². The number of aryl methyl sites for hydroxylation is 1. The summed E-state index contributed by atoms with van der Waals surface area (Å²) in [5.74, 6) is 1.88. The molecule has 1 aromatic heterocycles. The van der Waals surface area contributed by atoms with Crippen LogP contribution in [0.15, 0.2) is 157 Å². The van der Waals surface area contributed by atoms with E-state index >= 15 is 0 Å². The molecule has 0 amide bonds. The summed E-state index contributed by atoms with van der Waals surface area (Å²) < 4.78 is 2.40. The van der Waals surface area contributed by atoms with Gasteiger partial charge in [0.1, 0.15) is 5.84 Å². The van der Waals surface area contributed by atoms with Crippen LogP contribution in [0.5, 0.6) is 0 Å². The summed E-state index contributed by atoms with van der Waals surface area (Å²) in [4.78, 5) is 5.55. The molecular weight excluding hydrogens is 593 g/mol. The van der Waals surface area contributed by atoms with Crippen molar-refractivity contribution in [3.8, 4) is 22.3 Å². The molecule has 1 fully saturated rings. The van der Waals surface area contributed by atoms with Crippen molar-refractivity contribution < 1.29 is 0 Å². The van der Waals surface area contributed by atoms with Gasteiger partial charge in [0, 0.05) is 16.7 Å². The third-order valence-corrected chi connectivity index (χ3v) is 10.3. The van der Waals surface area contributed by atoms with Gasteiger partial charge in [-0.3, -0.25) is 4.57 Å². The molecule has 49 heavy (non-hydrogen) atoms. The van der Waals surface area contributed by atoms with Gasteiger partial charge in [0.05, 0.1) is 16.7 Å². The maximum Gasteiger partial charge on any atom is 0.111 e. The van der Waals surface area contributed by atoms with Crippen LogP contribution < -0.4 is 0 Å². The number of aromatic nitrogens is 1. The fourth-order valence-corrected chi connectivity index (χ4v) is 7.57. The number of fused-ring (bicyclic) bond motifs is 3. The highest BCUT2D eigenvalue weighted by Crippen LogP contribution is 2.46. The van der Waals surface area contributed by atoms with Crippen LogP contribution in [0.3, 0.4) is 0 Å². The largest absolute Gasteiger partial charge is 0.297 e. The lowest BCUT2D eigenvalue weighted by Crippen LogP contribution is -2.09. The van der Waals surface area contributed by atoms with Gasteiger partial charge in [-0.25, -0.2) is 4.99 Å². The van der Waals surface area contributed by atoms with E-state index in [4.69, 9.17) is 4.99 Å². The Hall–Kier alpha value is -5.47. The maximum absolute atomic E-state index is 5.55. The molecule has 0 N–H and O–H groups in total. The van der Waals surface area contributed by atoms with Gasteiger partial charge in [-0.15, -0.1) is 0 Å². The Morgan fingerprint density at radius 3 is 2.08 bits per heavy atom. The van der Waals surface area contributed by atoms with Gasteiger partial charge in [0.2, 0.25) is 0 Å². The van der Waals surface area contributed by atoms with E-state index in [1.165, 1.54) is 73.6 Å². The van der Waals surface area contributed by atoms with Crippen molar-refractivity contribution in [2.45, 2.75) is 51.9 Å². The molecule has 0 saturated heterocycles. The Morgan fingerprint density at radius 2 is 1.35 bits per heavy atom. The first-order valence-corrected chi connectivity index (χ1v) is 17.7. The summed E-state index contributed by atoms with van der Waals surface area (Å²) in [6.45, 7) is 6.73. The van der Waals surface area contributed by atoms with Gasteiger partial charge in [-0.1, -0.05) is 153 Å². The van der Waals surface area contributed by atoms with Crippen LogP contribution in [0.2, 0.25) is 0 Å². The molecule has 1 aliphatic carbocycles. The summed E-state index contributed by atoms with van der Waals surface area (Å²) in [7, 11) is 0. The van der Waals surface area contributed by atoms with E-state index in [-0.39, 0.29) is 5.92 Å². The standard InChI is InChI=1S/C47H42N2/c1-4-34(35-15-7-5-8-16-35)31-45(39-27-23-37(24-28-39)36-17-9-6-10-18-36)48-33(3)49-46-22-14-13-21-43(46)44-30-29-40(32(2)47(44)49)42-20-12-11-19-41(42)38-25-26-38/h5-24,27-31,34,38H,4,25-26H2,1-3H3/b45-31-,48-33?. The lowest BCUT2D eigenvalue weighted by atomic mass is 9.92. The second-order valence-corrected chi connectivity index (χ2v) is 13.4. The summed E-state index contributed by atoms with van der Waals surface area (Å²) in [6, 6.07) is 52.8. The summed E-state index contributed by atoms with van der Waals surface area (Å²) in [6.07, 6.45) is 5.93. The first-order valence-electron chi connectivity index (χ1n) is 17.7. The smallest absolute Gasteiger partial charge is 0.111 e. The zero-order chi connectivity index (χ0) is 33.3. The quantitative estimate of drug-likeness (QED) is 0.117. The van der Waals surface area contributed by atoms with Crippen LogP contribution in [-0.2, 0) is 0 Å². The van der Waals surface area contributed by atoms with Crippen molar-refractivity contribution in [3.63, 3.8) is 0 Å². The Labute approximate surface area is 290 Å². The normalized spacial score (nSPS) is 14.4. The van der Waals surface area contributed by atoms with Gasteiger partial charge in [-0.05, 0) is 89.6 Å². The number of rotatable bonds is 8. The molecule has 2 nitrogen and oxygen atoms in total. The van der Waals surface area contributed by atoms with Crippen LogP contribution in [0.25, 0.3) is 49.8 Å². The Bertz CT molecular complexity index is 2320. The van der Waals surface area contributed by atoms with E-state index in [0.29, 0.717) is 5.92 Å². The molecule has 1 aliphatic rings. The third-order valence-electron chi connectivity index (χ3n) is 10.3. The third kappa shape index (κ3) is 5.93. The predicted octanol–water partition coefficient (Wildman–Crippen LogP) is 12.8. The molecule has 1 atom stereocenters. The Morgan fingerprint density at radius 1 is 0.694 bits per heavy atom. The van der Waals surface area contributed by atoms with Gasteiger partial charge < -0.3 is 0 Å². The predicted molar refractivity (Wildman–Crippen MR) is 209 cm³/mol. The van der Waals surface area contributed by atoms with Crippen molar-refractivity contribution in [1.29, 1.82) is 0 Å². The van der Waals surface area contributed by atoms with E-state index < -0.39 is 0 Å². The van der Waals surface area contributed by atoms with Gasteiger partial charge in [-0.2, -0.15) is 0 Å². The molecule has 0 radical (unpaired) electrons. The average molecular weight is 635 g/mol. The van der Waals surface area contributed by atoms with Crippen LogP contribution >= 0.6 is 0 Å². The second-order valence-electron chi connectivity index (χ2n) is 13.4. The van der Waals surface area contributed by atoms with E-state index in [1.54, 1.807) is 0 Å². The molecule has 2 heteroatoms. The van der Waals surface area contributed by atoms with Gasteiger partial charge in [0.15, 0.2) is 0 Å². The van der Waals surface area contributed by atoms with Crippen molar-refractivity contribution >= 4 is 33.3 Å². The fourth-order valence-electron chi connectivity index (χ4n) is 7.57. The van der Waals surface area contributed by atoms with Crippen molar-refractivity contribution in [3.05, 3.63) is 174 Å². The van der Waals surface area contributed by atoms with E-state index in [2.05, 4.69) is 177 Å². The van der Waals surface area contributed by atoms with Gasteiger partial charge in [0.25, 0.3) is 0 Å². The maximum atomic E-state index is 5.55. The lowest BCUT2D eigenvalue weighted by Gasteiger charge is -2.16. The van der Waals surface area contributed by atoms with Crippen LogP contribution in [0.4, 0.5) is 0 Å². The average Bonchev–Trinajstić information content (AvgIpc) is 3.95.